The number of benzene rings is 1. The molecular weight excluding hydrogens is 719 g/mol. The van der Waals surface area contributed by atoms with Crippen LogP contribution >= 0.6 is 0 Å². The van der Waals surface area contributed by atoms with Gasteiger partial charge in [0.05, 0.1) is 23.1 Å². The van der Waals surface area contributed by atoms with Gasteiger partial charge in [-0.15, -0.1) is 6.58 Å². The SMILES string of the molecule is C=CCNC(=O)C(=O)C(CC1CC1)NC(=O)[C@@H]1[C@@H]2[C@H](CN1C(=O)[C@@H](NC(=O)NC1(CS(=O)(=O)CCC(C)C)CCCCC1)C1Cc3ccccc3C1)C2(C)C. The van der Waals surface area contributed by atoms with Crippen LogP contribution in [0.5, 0.6) is 0 Å². The highest BCUT2D eigenvalue weighted by Crippen LogP contribution is 2.65. The van der Waals surface area contributed by atoms with Crippen LogP contribution in [0.25, 0.3) is 0 Å². The normalized spacial score (nSPS) is 24.9. The number of rotatable bonds is 17. The van der Waals surface area contributed by atoms with Gasteiger partial charge in [0.2, 0.25) is 17.6 Å². The zero-order valence-corrected chi connectivity index (χ0v) is 33.8. The lowest BCUT2D eigenvalue weighted by Gasteiger charge is -2.39. The first-order chi connectivity index (χ1) is 26.0. The Balaban J connectivity index is 1.24. The highest BCUT2D eigenvalue weighted by molar-refractivity contribution is 7.91. The van der Waals surface area contributed by atoms with Gasteiger partial charge in [-0.1, -0.05) is 90.1 Å². The van der Waals surface area contributed by atoms with Gasteiger partial charge < -0.3 is 26.2 Å². The molecule has 1 heterocycles. The molecule has 4 fully saturated rings. The van der Waals surface area contributed by atoms with Crippen molar-refractivity contribution in [3.05, 3.63) is 48.0 Å². The molecule has 6 rings (SSSR count). The minimum Gasteiger partial charge on any atom is -0.346 e. The molecule has 5 amide bonds. The summed E-state index contributed by atoms with van der Waals surface area (Å²) in [6.45, 7) is 12.2. The Morgan fingerprint density at radius 3 is 2.24 bits per heavy atom. The number of likely N-dealkylation sites (tertiary alicyclic amines) is 1. The molecule has 4 aliphatic carbocycles. The van der Waals surface area contributed by atoms with E-state index in [1.165, 1.54) is 6.08 Å². The van der Waals surface area contributed by atoms with E-state index in [4.69, 9.17) is 0 Å². The number of amides is 5. The van der Waals surface area contributed by atoms with Gasteiger partial charge in [-0.25, -0.2) is 13.2 Å². The fraction of sp³-hybridized carbons (Fsp3) is 0.690. The number of Topliss-reactive ketones (excluding diaryl/α,β-unsaturated/α-hetero) is 1. The maximum absolute atomic E-state index is 15.0. The number of fused-ring (bicyclic) bond motifs is 2. The largest absolute Gasteiger partial charge is 0.346 e. The van der Waals surface area contributed by atoms with Crippen molar-refractivity contribution in [3.8, 4) is 0 Å². The molecule has 4 N–H and O–H groups in total. The molecule has 5 atom stereocenters. The number of nitrogens with one attached hydrogen (secondary N) is 4. The summed E-state index contributed by atoms with van der Waals surface area (Å²) in [7, 11) is -3.47. The van der Waals surface area contributed by atoms with E-state index in [2.05, 4.69) is 41.7 Å². The molecule has 1 saturated heterocycles. The minimum absolute atomic E-state index is 0.0532. The molecule has 1 aromatic rings. The summed E-state index contributed by atoms with van der Waals surface area (Å²) in [6.07, 6.45) is 8.96. The molecule has 0 aromatic heterocycles. The van der Waals surface area contributed by atoms with Crippen molar-refractivity contribution in [1.29, 1.82) is 0 Å². The summed E-state index contributed by atoms with van der Waals surface area (Å²) in [5, 5.41) is 11.6. The van der Waals surface area contributed by atoms with Gasteiger partial charge >= 0.3 is 6.03 Å². The molecule has 1 unspecified atom stereocenters. The third-order valence-electron chi connectivity index (χ3n) is 13.1. The number of carbonyl (C=O) groups excluding carboxylic acids is 5. The Morgan fingerprint density at radius 2 is 1.64 bits per heavy atom. The molecule has 1 aromatic carbocycles. The molecular formula is C42H61N5O7S. The van der Waals surface area contributed by atoms with Crippen LogP contribution in [0.3, 0.4) is 0 Å². The van der Waals surface area contributed by atoms with Crippen molar-refractivity contribution in [2.75, 3.05) is 24.6 Å². The van der Waals surface area contributed by atoms with E-state index in [0.717, 1.165) is 43.2 Å². The Kier molecular flexibility index (Phi) is 12.2. The Bertz CT molecular complexity index is 1740. The molecule has 0 bridgehead atoms. The summed E-state index contributed by atoms with van der Waals surface area (Å²) in [6, 6.07) is 4.50. The van der Waals surface area contributed by atoms with Gasteiger partial charge in [0.25, 0.3) is 5.91 Å². The highest BCUT2D eigenvalue weighted by Gasteiger charge is 2.70. The second kappa shape index (κ2) is 16.4. The lowest BCUT2D eigenvalue weighted by molar-refractivity contribution is -0.144. The topological polar surface area (TPSA) is 171 Å². The van der Waals surface area contributed by atoms with E-state index in [0.29, 0.717) is 45.1 Å². The molecule has 5 aliphatic rings. The monoisotopic (exact) mass is 779 g/mol. The third-order valence-corrected chi connectivity index (χ3v) is 14.9. The van der Waals surface area contributed by atoms with Crippen LogP contribution in [0, 0.1) is 35.0 Å². The first-order valence-electron chi connectivity index (χ1n) is 20.4. The average Bonchev–Trinajstić information content (AvgIpc) is 3.89. The van der Waals surface area contributed by atoms with E-state index in [1.54, 1.807) is 4.90 Å². The average molecular weight is 780 g/mol. The van der Waals surface area contributed by atoms with Crippen LogP contribution in [0.4, 0.5) is 4.79 Å². The number of hydrogen-bond acceptors (Lipinski definition) is 7. The maximum Gasteiger partial charge on any atom is 0.315 e. The minimum atomic E-state index is -3.47. The second-order valence-electron chi connectivity index (χ2n) is 18.1. The van der Waals surface area contributed by atoms with Crippen molar-refractivity contribution in [3.63, 3.8) is 0 Å². The quantitative estimate of drug-likeness (QED) is 0.137. The number of carbonyl (C=O) groups is 5. The van der Waals surface area contributed by atoms with E-state index < -0.39 is 57.1 Å². The summed E-state index contributed by atoms with van der Waals surface area (Å²) in [5.41, 5.74) is 1.05. The van der Waals surface area contributed by atoms with Crippen LogP contribution in [0.1, 0.15) is 96.6 Å². The lowest BCUT2D eigenvalue weighted by Crippen LogP contribution is -2.63. The Hall–Kier alpha value is -3.74. The molecule has 13 heteroatoms. The summed E-state index contributed by atoms with van der Waals surface area (Å²) >= 11 is 0. The van der Waals surface area contributed by atoms with Gasteiger partial charge in [-0.05, 0) is 84.7 Å². The number of ketones is 1. The Labute approximate surface area is 326 Å². The van der Waals surface area contributed by atoms with E-state index in [1.807, 2.05) is 38.1 Å². The van der Waals surface area contributed by atoms with Crippen LogP contribution in [-0.2, 0) is 41.9 Å². The zero-order chi connectivity index (χ0) is 39.7. The third kappa shape index (κ3) is 9.46. The van der Waals surface area contributed by atoms with Crippen LogP contribution in [-0.4, -0.2) is 91.1 Å². The molecule has 1 aliphatic heterocycles. The zero-order valence-electron chi connectivity index (χ0n) is 33.0. The Morgan fingerprint density at radius 1 is 0.982 bits per heavy atom. The van der Waals surface area contributed by atoms with Crippen molar-refractivity contribution in [2.45, 2.75) is 122 Å². The molecule has 55 heavy (non-hydrogen) atoms. The first kappa shape index (κ1) is 40.9. The van der Waals surface area contributed by atoms with Crippen LogP contribution < -0.4 is 21.3 Å². The lowest BCUT2D eigenvalue weighted by atomic mass is 9.83. The van der Waals surface area contributed by atoms with Crippen molar-refractivity contribution < 1.29 is 32.4 Å². The van der Waals surface area contributed by atoms with Gasteiger partial charge in [-0.3, -0.25) is 19.2 Å². The number of sulfone groups is 1. The van der Waals surface area contributed by atoms with Crippen molar-refractivity contribution in [1.82, 2.24) is 26.2 Å². The van der Waals surface area contributed by atoms with E-state index >= 15 is 0 Å². The van der Waals surface area contributed by atoms with Crippen molar-refractivity contribution >= 4 is 39.4 Å². The molecule has 302 valence electrons. The smallest absolute Gasteiger partial charge is 0.315 e. The van der Waals surface area contributed by atoms with Crippen molar-refractivity contribution in [2.24, 2.45) is 35.0 Å². The van der Waals surface area contributed by atoms with Crippen LogP contribution in [0.2, 0.25) is 0 Å². The highest BCUT2D eigenvalue weighted by atomic mass is 32.2. The molecule has 3 saturated carbocycles. The predicted molar refractivity (Wildman–Crippen MR) is 210 cm³/mol. The predicted octanol–water partition coefficient (Wildman–Crippen LogP) is 3.87. The molecule has 0 radical (unpaired) electrons. The standard InChI is InChI=1S/C42H61N5O7S/c1-6-19-43-38(50)36(48)32(21-27-14-15-27)44-37(49)35-33-31(41(33,4)5)24-47(35)39(51)34(30-22-28-12-8-9-13-29(28)23-30)45-40(52)46-42(17-10-7-11-18-42)25-55(53,54)20-16-26(2)3/h6,8-9,12-13,26-27,30-35H,1,7,10-11,14-25H2,2-5H3,(H,43,50)(H,44,49)(H2,45,46,52)/t31-,32?,33-,34-,35-/m0/s1. The van der Waals surface area contributed by atoms with E-state index in [9.17, 15) is 32.4 Å². The summed E-state index contributed by atoms with van der Waals surface area (Å²) in [4.78, 5) is 71.1. The number of piperidine rings is 1. The van der Waals surface area contributed by atoms with E-state index in [-0.39, 0.29) is 59.0 Å². The number of urea groups is 1. The number of nitrogens with zero attached hydrogens (tertiary/aromatic N) is 1. The number of hydrogen-bond donors (Lipinski definition) is 4. The fourth-order valence-electron chi connectivity index (χ4n) is 9.65. The second-order valence-corrected chi connectivity index (χ2v) is 20.3. The summed E-state index contributed by atoms with van der Waals surface area (Å²) in [5.74, 6) is -2.34. The van der Waals surface area contributed by atoms with Gasteiger partial charge in [0.15, 0.2) is 9.84 Å². The van der Waals surface area contributed by atoms with Crippen LogP contribution in [0.15, 0.2) is 36.9 Å². The molecule has 0 spiro atoms. The first-order valence-corrected chi connectivity index (χ1v) is 22.3. The molecule has 12 nitrogen and oxygen atoms in total. The van der Waals surface area contributed by atoms with Gasteiger partial charge in [-0.2, -0.15) is 0 Å². The van der Waals surface area contributed by atoms with Gasteiger partial charge in [0, 0.05) is 13.1 Å². The maximum atomic E-state index is 15.0. The fourth-order valence-corrected chi connectivity index (χ4v) is 11.8. The summed E-state index contributed by atoms with van der Waals surface area (Å²) < 4.78 is 26.7. The van der Waals surface area contributed by atoms with Gasteiger partial charge in [0.1, 0.15) is 12.1 Å².